The lowest BCUT2D eigenvalue weighted by atomic mass is 10.1. The van der Waals surface area contributed by atoms with Gasteiger partial charge in [0.25, 0.3) is 0 Å². The predicted molar refractivity (Wildman–Crippen MR) is 82.5 cm³/mol. The SMILES string of the molecule is COc1cc(CN(C)c2cccc(F)c2)ccc1C(=N)N. The zero-order valence-electron chi connectivity index (χ0n) is 12.1. The molecule has 2 aromatic carbocycles. The number of benzene rings is 2. The number of nitrogens with zero attached hydrogens (tertiary/aromatic N) is 1. The van der Waals surface area contributed by atoms with Crippen LogP contribution < -0.4 is 15.4 Å². The number of amidine groups is 1. The number of anilines is 1. The smallest absolute Gasteiger partial charge is 0.130 e. The van der Waals surface area contributed by atoms with E-state index in [2.05, 4.69) is 0 Å². The molecule has 0 aliphatic rings. The number of hydrogen-bond donors (Lipinski definition) is 2. The lowest BCUT2D eigenvalue weighted by molar-refractivity contribution is 0.413. The van der Waals surface area contributed by atoms with Crippen molar-refractivity contribution in [1.82, 2.24) is 0 Å². The van der Waals surface area contributed by atoms with Crippen LogP contribution >= 0.6 is 0 Å². The van der Waals surface area contributed by atoms with E-state index in [0.717, 1.165) is 11.3 Å². The molecule has 0 bridgehead atoms. The van der Waals surface area contributed by atoms with E-state index in [-0.39, 0.29) is 11.7 Å². The summed E-state index contributed by atoms with van der Waals surface area (Å²) in [7, 11) is 3.43. The Hall–Kier alpha value is -2.56. The number of nitrogens with two attached hydrogens (primary N) is 1. The standard InChI is InChI=1S/C16H18FN3O/c1-20(13-5-3-4-12(17)9-13)10-11-6-7-14(16(18)19)15(8-11)21-2/h3-9H,10H2,1-2H3,(H3,18,19). The molecular formula is C16H18FN3O. The average molecular weight is 287 g/mol. The molecule has 0 aliphatic heterocycles. The monoisotopic (exact) mass is 287 g/mol. The number of nitrogen functional groups attached to an aromatic ring is 1. The number of methoxy groups -OCH3 is 1. The highest BCUT2D eigenvalue weighted by Gasteiger charge is 2.09. The lowest BCUT2D eigenvalue weighted by Gasteiger charge is -2.20. The quantitative estimate of drug-likeness (QED) is 0.656. The zero-order chi connectivity index (χ0) is 15.4. The van der Waals surface area contributed by atoms with Crippen LogP contribution in [0.25, 0.3) is 0 Å². The second-order valence-electron chi connectivity index (χ2n) is 4.78. The molecule has 21 heavy (non-hydrogen) atoms. The van der Waals surface area contributed by atoms with Crippen molar-refractivity contribution in [3.05, 3.63) is 59.4 Å². The first-order chi connectivity index (χ1) is 10.0. The van der Waals surface area contributed by atoms with Crippen molar-refractivity contribution in [3.8, 4) is 5.75 Å². The first kappa shape index (κ1) is 14.8. The Kier molecular flexibility index (Phi) is 4.42. The Morgan fingerprint density at radius 2 is 2.05 bits per heavy atom. The summed E-state index contributed by atoms with van der Waals surface area (Å²) < 4.78 is 18.5. The predicted octanol–water partition coefficient (Wildman–Crippen LogP) is 2.75. The molecule has 0 saturated heterocycles. The van der Waals surface area contributed by atoms with Crippen molar-refractivity contribution in [1.29, 1.82) is 5.41 Å². The van der Waals surface area contributed by atoms with E-state index < -0.39 is 0 Å². The number of rotatable bonds is 5. The highest BCUT2D eigenvalue weighted by Crippen LogP contribution is 2.22. The first-order valence-electron chi connectivity index (χ1n) is 6.49. The van der Waals surface area contributed by atoms with Crippen molar-refractivity contribution in [2.24, 2.45) is 5.73 Å². The number of ether oxygens (including phenoxy) is 1. The molecule has 0 saturated carbocycles. The molecule has 0 radical (unpaired) electrons. The highest BCUT2D eigenvalue weighted by molar-refractivity contribution is 5.97. The minimum atomic E-state index is -0.260. The van der Waals surface area contributed by atoms with Gasteiger partial charge in [0.15, 0.2) is 0 Å². The van der Waals surface area contributed by atoms with Gasteiger partial charge in [0, 0.05) is 19.3 Å². The van der Waals surface area contributed by atoms with E-state index >= 15 is 0 Å². The summed E-state index contributed by atoms with van der Waals surface area (Å²) in [4.78, 5) is 1.94. The Morgan fingerprint density at radius 1 is 1.29 bits per heavy atom. The maximum Gasteiger partial charge on any atom is 0.130 e. The van der Waals surface area contributed by atoms with Crippen LogP contribution in [0, 0.1) is 11.2 Å². The molecule has 0 amide bonds. The summed E-state index contributed by atoms with van der Waals surface area (Å²) in [6.45, 7) is 0.595. The minimum absolute atomic E-state index is 0.0307. The summed E-state index contributed by atoms with van der Waals surface area (Å²) in [5.74, 6) is 0.272. The van der Waals surface area contributed by atoms with Crippen LogP contribution in [0.3, 0.4) is 0 Å². The van der Waals surface area contributed by atoms with Crippen LogP contribution in [0.4, 0.5) is 10.1 Å². The molecule has 2 rings (SSSR count). The van der Waals surface area contributed by atoms with Crippen molar-refractivity contribution in [3.63, 3.8) is 0 Å². The Bertz CT molecular complexity index is 658. The molecule has 0 spiro atoms. The van der Waals surface area contributed by atoms with E-state index in [1.165, 1.54) is 12.1 Å². The van der Waals surface area contributed by atoms with Gasteiger partial charge < -0.3 is 15.4 Å². The molecule has 110 valence electrons. The number of hydrogen-bond acceptors (Lipinski definition) is 3. The third-order valence-corrected chi connectivity index (χ3v) is 3.22. The maximum absolute atomic E-state index is 13.2. The molecule has 0 atom stereocenters. The summed E-state index contributed by atoms with van der Waals surface area (Å²) in [5.41, 5.74) is 7.85. The van der Waals surface area contributed by atoms with Crippen molar-refractivity contribution in [2.75, 3.05) is 19.1 Å². The minimum Gasteiger partial charge on any atom is -0.496 e. The second-order valence-corrected chi connectivity index (χ2v) is 4.78. The van der Waals surface area contributed by atoms with E-state index in [9.17, 15) is 4.39 Å². The summed E-state index contributed by atoms with van der Waals surface area (Å²) in [6.07, 6.45) is 0. The molecule has 0 unspecified atom stereocenters. The normalized spacial score (nSPS) is 10.2. The molecule has 0 heterocycles. The van der Waals surface area contributed by atoms with Gasteiger partial charge in [-0.15, -0.1) is 0 Å². The van der Waals surface area contributed by atoms with Gasteiger partial charge in [0.1, 0.15) is 17.4 Å². The fraction of sp³-hybridized carbons (Fsp3) is 0.188. The maximum atomic E-state index is 13.2. The van der Waals surface area contributed by atoms with Crippen LogP contribution in [0.15, 0.2) is 42.5 Å². The van der Waals surface area contributed by atoms with Crippen molar-refractivity contribution in [2.45, 2.75) is 6.54 Å². The molecule has 5 heteroatoms. The molecule has 0 aliphatic carbocycles. The van der Waals surface area contributed by atoms with E-state index in [0.29, 0.717) is 17.9 Å². The third-order valence-electron chi connectivity index (χ3n) is 3.22. The molecule has 4 nitrogen and oxygen atoms in total. The van der Waals surface area contributed by atoms with E-state index in [1.807, 2.05) is 30.1 Å². The van der Waals surface area contributed by atoms with E-state index in [4.69, 9.17) is 15.9 Å². The van der Waals surface area contributed by atoms with Gasteiger partial charge in [0.05, 0.1) is 12.7 Å². The van der Waals surface area contributed by atoms with Crippen LogP contribution in [-0.4, -0.2) is 20.0 Å². The molecule has 3 N–H and O–H groups in total. The topological polar surface area (TPSA) is 62.3 Å². The van der Waals surface area contributed by atoms with Gasteiger partial charge in [-0.3, -0.25) is 5.41 Å². The first-order valence-corrected chi connectivity index (χ1v) is 6.49. The Morgan fingerprint density at radius 3 is 2.67 bits per heavy atom. The zero-order valence-corrected chi connectivity index (χ0v) is 12.1. The lowest BCUT2D eigenvalue weighted by Crippen LogP contribution is -2.17. The second kappa shape index (κ2) is 6.26. The largest absolute Gasteiger partial charge is 0.496 e. The van der Waals surface area contributed by atoms with Crippen LogP contribution in [0.1, 0.15) is 11.1 Å². The molecule has 2 aromatic rings. The number of nitrogens with one attached hydrogen (secondary N) is 1. The Balaban J connectivity index is 2.21. The van der Waals surface area contributed by atoms with Gasteiger partial charge in [-0.25, -0.2) is 4.39 Å². The fourth-order valence-corrected chi connectivity index (χ4v) is 2.14. The summed E-state index contributed by atoms with van der Waals surface area (Å²) in [5, 5.41) is 7.50. The van der Waals surface area contributed by atoms with Crippen LogP contribution in [0.5, 0.6) is 5.75 Å². The van der Waals surface area contributed by atoms with Crippen molar-refractivity contribution >= 4 is 11.5 Å². The van der Waals surface area contributed by atoms with Gasteiger partial charge in [0.2, 0.25) is 0 Å². The Labute approximate surface area is 123 Å². The van der Waals surface area contributed by atoms with Crippen molar-refractivity contribution < 1.29 is 9.13 Å². The van der Waals surface area contributed by atoms with Gasteiger partial charge >= 0.3 is 0 Å². The van der Waals surface area contributed by atoms with Crippen LogP contribution in [-0.2, 0) is 6.54 Å². The van der Waals surface area contributed by atoms with Gasteiger partial charge in [-0.2, -0.15) is 0 Å². The number of halogens is 1. The molecule has 0 fully saturated rings. The van der Waals surface area contributed by atoms with E-state index in [1.54, 1.807) is 19.2 Å². The highest BCUT2D eigenvalue weighted by atomic mass is 19.1. The average Bonchev–Trinajstić information content (AvgIpc) is 2.46. The molecular weight excluding hydrogens is 269 g/mol. The van der Waals surface area contributed by atoms with Crippen LogP contribution in [0.2, 0.25) is 0 Å². The fourth-order valence-electron chi connectivity index (χ4n) is 2.14. The summed E-state index contributed by atoms with van der Waals surface area (Å²) >= 11 is 0. The van der Waals surface area contributed by atoms with Gasteiger partial charge in [-0.05, 0) is 35.9 Å². The third kappa shape index (κ3) is 3.51. The van der Waals surface area contributed by atoms with Gasteiger partial charge in [-0.1, -0.05) is 12.1 Å². The molecule has 0 aromatic heterocycles. The summed E-state index contributed by atoms with van der Waals surface area (Å²) in [6, 6.07) is 11.9.